The van der Waals surface area contributed by atoms with Crippen molar-refractivity contribution in [1.82, 2.24) is 0 Å². The second kappa shape index (κ2) is 2.13. The van der Waals surface area contributed by atoms with Gasteiger partial charge >= 0.3 is 0 Å². The van der Waals surface area contributed by atoms with Crippen LogP contribution in [0.3, 0.4) is 0 Å². The molecule has 3 rings (SSSR count). The molecule has 0 spiro atoms. The lowest BCUT2D eigenvalue weighted by Crippen LogP contribution is -1.78. The Labute approximate surface area is 71.0 Å². The fraction of sp³-hybridized carbons (Fsp3) is 0.273. The highest BCUT2D eigenvalue weighted by Crippen LogP contribution is 2.43. The predicted molar refractivity (Wildman–Crippen MR) is 48.2 cm³/mol. The van der Waals surface area contributed by atoms with Crippen molar-refractivity contribution in [3.05, 3.63) is 36.1 Å². The van der Waals surface area contributed by atoms with Gasteiger partial charge in [0.1, 0.15) is 5.58 Å². The van der Waals surface area contributed by atoms with E-state index < -0.39 is 0 Å². The fourth-order valence-corrected chi connectivity index (χ4v) is 1.77. The molecule has 0 bridgehead atoms. The van der Waals surface area contributed by atoms with Crippen LogP contribution in [0.4, 0.5) is 0 Å². The summed E-state index contributed by atoms with van der Waals surface area (Å²) in [4.78, 5) is 0. The molecule has 1 nitrogen and oxygen atoms in total. The lowest BCUT2D eigenvalue weighted by atomic mass is 10.1. The monoisotopic (exact) mass is 158 g/mol. The normalized spacial score (nSPS) is 17.0. The zero-order valence-corrected chi connectivity index (χ0v) is 6.79. The van der Waals surface area contributed by atoms with Crippen molar-refractivity contribution in [2.24, 2.45) is 0 Å². The molecule has 1 aliphatic carbocycles. The molecule has 1 saturated carbocycles. The first-order valence-electron chi connectivity index (χ1n) is 4.41. The maximum absolute atomic E-state index is 5.34. The van der Waals surface area contributed by atoms with Gasteiger partial charge in [0.05, 0.1) is 6.26 Å². The van der Waals surface area contributed by atoms with Gasteiger partial charge in [0.15, 0.2) is 0 Å². The first-order valence-corrected chi connectivity index (χ1v) is 4.41. The molecule has 0 aliphatic heterocycles. The molecular weight excluding hydrogens is 148 g/mol. The van der Waals surface area contributed by atoms with E-state index in [1.165, 1.54) is 23.8 Å². The third-order valence-corrected chi connectivity index (χ3v) is 2.55. The summed E-state index contributed by atoms with van der Waals surface area (Å²) in [6, 6.07) is 8.40. The molecule has 0 unspecified atom stereocenters. The van der Waals surface area contributed by atoms with Gasteiger partial charge in [-0.1, -0.05) is 12.1 Å². The average Bonchev–Trinajstić information content (AvgIpc) is 2.82. The minimum absolute atomic E-state index is 0.811. The topological polar surface area (TPSA) is 13.1 Å². The van der Waals surface area contributed by atoms with Crippen molar-refractivity contribution in [2.75, 3.05) is 0 Å². The molecule has 1 fully saturated rings. The quantitative estimate of drug-likeness (QED) is 0.620. The number of rotatable bonds is 1. The Bertz CT molecular complexity index is 410. The molecule has 0 N–H and O–H groups in total. The van der Waals surface area contributed by atoms with E-state index in [0.717, 1.165) is 11.5 Å². The van der Waals surface area contributed by atoms with Gasteiger partial charge in [-0.15, -0.1) is 0 Å². The first-order chi connectivity index (χ1) is 5.95. The standard InChI is InChI=1S/C11H10O/c1-2-9(8-4-5-8)10-6-7-12-11(10)3-1/h1-3,6-8H,4-5H2. The van der Waals surface area contributed by atoms with E-state index in [0.29, 0.717) is 0 Å². The summed E-state index contributed by atoms with van der Waals surface area (Å²) in [6.45, 7) is 0. The number of hydrogen-bond donors (Lipinski definition) is 0. The minimum Gasteiger partial charge on any atom is -0.464 e. The number of benzene rings is 1. The van der Waals surface area contributed by atoms with Crippen molar-refractivity contribution in [1.29, 1.82) is 0 Å². The van der Waals surface area contributed by atoms with E-state index in [4.69, 9.17) is 4.42 Å². The van der Waals surface area contributed by atoms with Crippen LogP contribution >= 0.6 is 0 Å². The first kappa shape index (κ1) is 6.30. The predicted octanol–water partition coefficient (Wildman–Crippen LogP) is 3.31. The third-order valence-electron chi connectivity index (χ3n) is 2.55. The van der Waals surface area contributed by atoms with Gasteiger partial charge in [0.2, 0.25) is 0 Å². The van der Waals surface area contributed by atoms with Crippen molar-refractivity contribution >= 4 is 11.0 Å². The highest BCUT2D eigenvalue weighted by Gasteiger charge is 2.25. The number of fused-ring (bicyclic) bond motifs is 1. The molecule has 0 atom stereocenters. The summed E-state index contributed by atoms with van der Waals surface area (Å²) < 4.78 is 5.34. The van der Waals surface area contributed by atoms with Crippen molar-refractivity contribution < 1.29 is 4.42 Å². The van der Waals surface area contributed by atoms with Gasteiger partial charge < -0.3 is 4.42 Å². The van der Waals surface area contributed by atoms with E-state index >= 15 is 0 Å². The van der Waals surface area contributed by atoms with Gasteiger partial charge in [0.25, 0.3) is 0 Å². The molecule has 1 aromatic heterocycles. The van der Waals surface area contributed by atoms with Crippen molar-refractivity contribution in [3.8, 4) is 0 Å². The minimum atomic E-state index is 0.811. The van der Waals surface area contributed by atoms with Gasteiger partial charge in [-0.3, -0.25) is 0 Å². The highest BCUT2D eigenvalue weighted by molar-refractivity contribution is 5.81. The zero-order chi connectivity index (χ0) is 7.97. The van der Waals surface area contributed by atoms with Crippen molar-refractivity contribution in [2.45, 2.75) is 18.8 Å². The molecule has 60 valence electrons. The molecule has 1 heteroatoms. The molecule has 1 aliphatic rings. The van der Waals surface area contributed by atoms with Crippen LogP contribution in [-0.4, -0.2) is 0 Å². The van der Waals surface area contributed by atoms with Crippen LogP contribution in [0.2, 0.25) is 0 Å². The number of hydrogen-bond acceptors (Lipinski definition) is 1. The lowest BCUT2D eigenvalue weighted by molar-refractivity contribution is 0.615. The summed E-state index contributed by atoms with van der Waals surface area (Å²) in [6.07, 6.45) is 4.48. The van der Waals surface area contributed by atoms with Crippen LogP contribution in [0, 0.1) is 0 Å². The molecule has 0 saturated heterocycles. The van der Waals surface area contributed by atoms with E-state index in [9.17, 15) is 0 Å². The Morgan fingerprint density at radius 1 is 1.17 bits per heavy atom. The summed E-state index contributed by atoms with van der Waals surface area (Å²) in [5.74, 6) is 0.811. The zero-order valence-electron chi connectivity index (χ0n) is 6.79. The van der Waals surface area contributed by atoms with E-state index in [-0.39, 0.29) is 0 Å². The molecule has 1 aromatic carbocycles. The summed E-state index contributed by atoms with van der Waals surface area (Å²) >= 11 is 0. The van der Waals surface area contributed by atoms with Crippen molar-refractivity contribution in [3.63, 3.8) is 0 Å². The molecule has 12 heavy (non-hydrogen) atoms. The molecule has 0 radical (unpaired) electrons. The summed E-state index contributed by atoms with van der Waals surface area (Å²) in [5, 5.41) is 1.31. The van der Waals surface area contributed by atoms with Crippen LogP contribution in [-0.2, 0) is 0 Å². The fourth-order valence-electron chi connectivity index (χ4n) is 1.77. The van der Waals surface area contributed by atoms with E-state index in [2.05, 4.69) is 18.2 Å². The van der Waals surface area contributed by atoms with E-state index in [1.807, 2.05) is 6.07 Å². The van der Waals surface area contributed by atoms with Gasteiger partial charge in [-0.25, -0.2) is 0 Å². The maximum atomic E-state index is 5.34. The largest absolute Gasteiger partial charge is 0.464 e. The van der Waals surface area contributed by atoms with Crippen LogP contribution < -0.4 is 0 Å². The second-order valence-electron chi connectivity index (χ2n) is 3.45. The highest BCUT2D eigenvalue weighted by atomic mass is 16.3. The number of furan rings is 1. The Hall–Kier alpha value is -1.24. The third kappa shape index (κ3) is 0.795. The Kier molecular flexibility index (Phi) is 1.12. The average molecular weight is 158 g/mol. The lowest BCUT2D eigenvalue weighted by Gasteiger charge is -1.97. The van der Waals surface area contributed by atoms with E-state index in [1.54, 1.807) is 6.26 Å². The maximum Gasteiger partial charge on any atom is 0.134 e. The Balaban J connectivity index is 2.32. The smallest absolute Gasteiger partial charge is 0.134 e. The summed E-state index contributed by atoms with van der Waals surface area (Å²) in [7, 11) is 0. The molecular formula is C11H10O. The van der Waals surface area contributed by atoms with Crippen LogP contribution in [0.5, 0.6) is 0 Å². The van der Waals surface area contributed by atoms with Gasteiger partial charge in [-0.05, 0) is 36.5 Å². The SMILES string of the molecule is c1cc(C2CC2)c2ccoc2c1. The van der Waals surface area contributed by atoms with Gasteiger partial charge in [0, 0.05) is 5.39 Å². The van der Waals surface area contributed by atoms with Crippen LogP contribution in [0.15, 0.2) is 34.9 Å². The molecule has 1 heterocycles. The van der Waals surface area contributed by atoms with Crippen LogP contribution in [0.1, 0.15) is 24.3 Å². The molecule has 0 amide bonds. The van der Waals surface area contributed by atoms with Gasteiger partial charge in [-0.2, -0.15) is 0 Å². The Morgan fingerprint density at radius 3 is 2.92 bits per heavy atom. The summed E-state index contributed by atoms with van der Waals surface area (Å²) in [5.41, 5.74) is 2.50. The van der Waals surface area contributed by atoms with Crippen LogP contribution in [0.25, 0.3) is 11.0 Å². The molecule has 2 aromatic rings. The second-order valence-corrected chi connectivity index (χ2v) is 3.45. The Morgan fingerprint density at radius 2 is 2.08 bits per heavy atom.